The topological polar surface area (TPSA) is 20.2 Å². The van der Waals surface area contributed by atoms with Crippen molar-refractivity contribution >= 4 is 0 Å². The van der Waals surface area contributed by atoms with E-state index in [4.69, 9.17) is 6.42 Å². The summed E-state index contributed by atoms with van der Waals surface area (Å²) in [5.74, 6) is 2.98. The molecule has 0 radical (unpaired) electrons. The molecule has 0 saturated carbocycles. The van der Waals surface area contributed by atoms with Crippen LogP contribution in [0.3, 0.4) is 0 Å². The fourth-order valence-corrected chi connectivity index (χ4v) is 1.22. The highest BCUT2D eigenvalue weighted by atomic mass is 16.3. The van der Waals surface area contributed by atoms with Crippen LogP contribution in [0, 0.1) is 18.3 Å². The quantitative estimate of drug-likeness (QED) is 0.509. The number of hydrogen-bond acceptors (Lipinski definition) is 1. The Morgan fingerprint density at radius 2 is 2.15 bits per heavy atom. The highest BCUT2D eigenvalue weighted by Gasteiger charge is 2.07. The largest absolute Gasteiger partial charge is 0.392 e. The second-order valence-corrected chi connectivity index (χ2v) is 3.92. The molecule has 0 heterocycles. The van der Waals surface area contributed by atoms with Crippen LogP contribution in [0.15, 0.2) is 11.6 Å². The maximum Gasteiger partial charge on any atom is 0.0651 e. The summed E-state index contributed by atoms with van der Waals surface area (Å²) >= 11 is 0. The molecule has 2 unspecified atom stereocenters. The molecule has 13 heavy (non-hydrogen) atoms. The minimum Gasteiger partial charge on any atom is -0.392 e. The first-order chi connectivity index (χ1) is 6.06. The van der Waals surface area contributed by atoms with Crippen LogP contribution in [-0.2, 0) is 0 Å². The highest BCUT2D eigenvalue weighted by molar-refractivity contribution is 4.94. The molecule has 0 aromatic rings. The SMILES string of the molecule is C#CCC(O)CC(C)CC=C(C)C. The van der Waals surface area contributed by atoms with Crippen molar-refractivity contribution in [3.8, 4) is 12.3 Å². The first kappa shape index (κ1) is 12.3. The molecule has 0 fully saturated rings. The van der Waals surface area contributed by atoms with E-state index in [0.717, 1.165) is 12.8 Å². The summed E-state index contributed by atoms with van der Waals surface area (Å²) in [6.45, 7) is 6.31. The zero-order chi connectivity index (χ0) is 10.3. The molecule has 0 rings (SSSR count). The molecule has 0 aromatic carbocycles. The van der Waals surface area contributed by atoms with Crippen molar-refractivity contribution < 1.29 is 5.11 Å². The van der Waals surface area contributed by atoms with E-state index in [0.29, 0.717) is 12.3 Å². The second kappa shape index (κ2) is 6.74. The molecule has 1 nitrogen and oxygen atoms in total. The van der Waals surface area contributed by atoms with Crippen LogP contribution in [-0.4, -0.2) is 11.2 Å². The predicted octanol–water partition coefficient (Wildman–Crippen LogP) is 2.75. The molecule has 1 N–H and O–H groups in total. The van der Waals surface area contributed by atoms with E-state index >= 15 is 0 Å². The molecular weight excluding hydrogens is 160 g/mol. The molecule has 0 amide bonds. The summed E-state index contributed by atoms with van der Waals surface area (Å²) in [4.78, 5) is 0. The second-order valence-electron chi connectivity index (χ2n) is 3.92. The van der Waals surface area contributed by atoms with Crippen molar-refractivity contribution in [2.24, 2.45) is 5.92 Å². The third-order valence-electron chi connectivity index (χ3n) is 1.96. The first-order valence-corrected chi connectivity index (χ1v) is 4.81. The van der Waals surface area contributed by atoms with Gasteiger partial charge >= 0.3 is 0 Å². The molecule has 74 valence electrons. The van der Waals surface area contributed by atoms with Crippen molar-refractivity contribution in [3.05, 3.63) is 11.6 Å². The van der Waals surface area contributed by atoms with Crippen LogP contribution in [0.1, 0.15) is 40.0 Å². The molecule has 0 spiro atoms. The van der Waals surface area contributed by atoms with Gasteiger partial charge in [-0.1, -0.05) is 18.6 Å². The number of rotatable bonds is 5. The smallest absolute Gasteiger partial charge is 0.0651 e. The van der Waals surface area contributed by atoms with Crippen LogP contribution in [0.4, 0.5) is 0 Å². The Hall–Kier alpha value is -0.740. The van der Waals surface area contributed by atoms with E-state index in [9.17, 15) is 5.11 Å². The van der Waals surface area contributed by atoms with Crippen LogP contribution in [0.2, 0.25) is 0 Å². The highest BCUT2D eigenvalue weighted by Crippen LogP contribution is 2.13. The number of allylic oxidation sites excluding steroid dienone is 2. The standard InChI is InChI=1S/C12H20O/c1-5-6-12(13)9-11(4)8-7-10(2)3/h1,7,11-13H,6,8-9H2,2-4H3. The summed E-state index contributed by atoms with van der Waals surface area (Å²) in [6, 6.07) is 0. The third-order valence-corrected chi connectivity index (χ3v) is 1.96. The van der Waals surface area contributed by atoms with Gasteiger partial charge in [0.25, 0.3) is 0 Å². The van der Waals surface area contributed by atoms with Crippen LogP contribution in [0.25, 0.3) is 0 Å². The number of aliphatic hydroxyl groups is 1. The third kappa shape index (κ3) is 7.62. The van der Waals surface area contributed by atoms with E-state index in [-0.39, 0.29) is 6.10 Å². The Kier molecular flexibility index (Phi) is 6.36. The molecular formula is C12H20O. The zero-order valence-corrected chi connectivity index (χ0v) is 8.88. The van der Waals surface area contributed by atoms with Gasteiger partial charge in [0.2, 0.25) is 0 Å². The first-order valence-electron chi connectivity index (χ1n) is 4.81. The number of hydrogen-bond donors (Lipinski definition) is 1. The van der Waals surface area contributed by atoms with Gasteiger partial charge in [0.1, 0.15) is 0 Å². The van der Waals surface area contributed by atoms with Gasteiger partial charge in [0.15, 0.2) is 0 Å². The van der Waals surface area contributed by atoms with Gasteiger partial charge in [-0.2, -0.15) is 0 Å². The van der Waals surface area contributed by atoms with Crippen LogP contribution in [0.5, 0.6) is 0 Å². The lowest BCUT2D eigenvalue weighted by Gasteiger charge is -2.12. The molecule has 0 aliphatic carbocycles. The Morgan fingerprint density at radius 3 is 2.62 bits per heavy atom. The van der Waals surface area contributed by atoms with Crippen LogP contribution >= 0.6 is 0 Å². The Morgan fingerprint density at radius 1 is 1.54 bits per heavy atom. The van der Waals surface area contributed by atoms with Crippen molar-refractivity contribution in [2.75, 3.05) is 0 Å². The Bertz CT molecular complexity index is 194. The molecule has 0 saturated heterocycles. The van der Waals surface area contributed by atoms with Gasteiger partial charge in [0.05, 0.1) is 6.10 Å². The molecule has 0 aromatic heterocycles. The van der Waals surface area contributed by atoms with Crippen molar-refractivity contribution in [3.63, 3.8) is 0 Å². The van der Waals surface area contributed by atoms with E-state index in [2.05, 4.69) is 32.8 Å². The fourth-order valence-electron chi connectivity index (χ4n) is 1.22. The van der Waals surface area contributed by atoms with E-state index in [1.165, 1.54) is 5.57 Å². The maximum atomic E-state index is 9.42. The molecule has 0 aliphatic rings. The zero-order valence-electron chi connectivity index (χ0n) is 8.88. The summed E-state index contributed by atoms with van der Waals surface area (Å²) < 4.78 is 0. The molecule has 2 atom stereocenters. The lowest BCUT2D eigenvalue weighted by molar-refractivity contribution is 0.151. The average molecular weight is 180 g/mol. The summed E-state index contributed by atoms with van der Waals surface area (Å²) in [7, 11) is 0. The van der Waals surface area contributed by atoms with Gasteiger partial charge < -0.3 is 5.11 Å². The van der Waals surface area contributed by atoms with E-state index < -0.39 is 0 Å². The molecule has 0 bridgehead atoms. The van der Waals surface area contributed by atoms with Crippen molar-refractivity contribution in [1.82, 2.24) is 0 Å². The maximum absolute atomic E-state index is 9.42. The fraction of sp³-hybridized carbons (Fsp3) is 0.667. The minimum absolute atomic E-state index is 0.328. The lowest BCUT2D eigenvalue weighted by atomic mass is 9.98. The molecule has 0 aliphatic heterocycles. The minimum atomic E-state index is -0.328. The summed E-state index contributed by atoms with van der Waals surface area (Å²) in [6.07, 6.45) is 9.28. The van der Waals surface area contributed by atoms with Gasteiger partial charge in [-0.15, -0.1) is 12.3 Å². The van der Waals surface area contributed by atoms with Crippen molar-refractivity contribution in [2.45, 2.75) is 46.1 Å². The number of terminal acetylenes is 1. The average Bonchev–Trinajstić information content (AvgIpc) is 2.01. The Balaban J connectivity index is 3.68. The van der Waals surface area contributed by atoms with Crippen LogP contribution < -0.4 is 0 Å². The van der Waals surface area contributed by atoms with Gasteiger partial charge in [-0.25, -0.2) is 0 Å². The van der Waals surface area contributed by atoms with Gasteiger partial charge in [-0.05, 0) is 32.6 Å². The monoisotopic (exact) mass is 180 g/mol. The van der Waals surface area contributed by atoms with Gasteiger partial charge in [0, 0.05) is 6.42 Å². The number of aliphatic hydroxyl groups excluding tert-OH is 1. The summed E-state index contributed by atoms with van der Waals surface area (Å²) in [5, 5.41) is 9.42. The molecule has 1 heteroatoms. The van der Waals surface area contributed by atoms with Crippen molar-refractivity contribution in [1.29, 1.82) is 0 Å². The predicted molar refractivity (Wildman–Crippen MR) is 57.3 cm³/mol. The lowest BCUT2D eigenvalue weighted by Crippen LogP contribution is -2.10. The Labute approximate surface area is 81.9 Å². The van der Waals surface area contributed by atoms with E-state index in [1.54, 1.807) is 0 Å². The van der Waals surface area contributed by atoms with E-state index in [1.807, 2.05) is 0 Å². The normalized spacial score (nSPS) is 14.4. The van der Waals surface area contributed by atoms with Gasteiger partial charge in [-0.3, -0.25) is 0 Å². The summed E-state index contributed by atoms with van der Waals surface area (Å²) in [5.41, 5.74) is 1.33.